The molecule has 0 spiro atoms. The van der Waals surface area contributed by atoms with Gasteiger partial charge < -0.3 is 13.9 Å². The summed E-state index contributed by atoms with van der Waals surface area (Å²) in [7, 11) is 0. The molecule has 5 heteroatoms. The van der Waals surface area contributed by atoms with Crippen LogP contribution in [0.1, 0.15) is 19.0 Å². The van der Waals surface area contributed by atoms with E-state index in [0.29, 0.717) is 5.76 Å². The molecule has 3 heterocycles. The Morgan fingerprint density at radius 2 is 2.00 bits per heavy atom. The number of aryl methyl sites for hydroxylation is 1. The Hall–Kier alpha value is -2.82. The number of aromatic nitrogens is 2. The maximum Gasteiger partial charge on any atom is 0.231 e. The first-order chi connectivity index (χ1) is 11.3. The van der Waals surface area contributed by atoms with Gasteiger partial charge in [0.15, 0.2) is 23.7 Å². The molecule has 3 aromatic rings. The van der Waals surface area contributed by atoms with Crippen molar-refractivity contribution in [1.29, 1.82) is 0 Å². The van der Waals surface area contributed by atoms with Gasteiger partial charge in [0.1, 0.15) is 5.69 Å². The number of pyridine rings is 1. The molecule has 0 saturated heterocycles. The minimum absolute atomic E-state index is 0.253. The van der Waals surface area contributed by atoms with Crippen LogP contribution in [0, 0.1) is 0 Å². The van der Waals surface area contributed by atoms with Gasteiger partial charge in [-0.3, -0.25) is 4.98 Å². The van der Waals surface area contributed by atoms with Crippen LogP contribution in [0.4, 0.5) is 0 Å². The first kappa shape index (κ1) is 13.8. The molecule has 0 amide bonds. The number of hydrogen-bond acceptors (Lipinski definition) is 5. The van der Waals surface area contributed by atoms with Crippen LogP contribution in [0.3, 0.4) is 0 Å². The SMILES string of the molecule is CCCc1cccc(-c2ncoc2-c2ccc3c(c2)OCO3)n1. The molecule has 0 N–H and O–H groups in total. The molecule has 2 aromatic heterocycles. The standard InChI is InChI=1S/C18H16N2O3/c1-2-4-13-5-3-6-14(20-13)17-18(21-10-19-17)12-7-8-15-16(9-12)23-11-22-15/h3,5-10H,2,4,11H2,1H3. The summed E-state index contributed by atoms with van der Waals surface area (Å²) in [6.07, 6.45) is 3.46. The smallest absolute Gasteiger partial charge is 0.231 e. The van der Waals surface area contributed by atoms with Crippen molar-refractivity contribution in [1.82, 2.24) is 9.97 Å². The fraction of sp³-hybridized carbons (Fsp3) is 0.222. The van der Waals surface area contributed by atoms with Gasteiger partial charge in [0, 0.05) is 11.3 Å². The Morgan fingerprint density at radius 1 is 1.09 bits per heavy atom. The molecular weight excluding hydrogens is 292 g/mol. The average Bonchev–Trinajstić information content (AvgIpc) is 3.24. The van der Waals surface area contributed by atoms with Crippen molar-refractivity contribution in [2.24, 2.45) is 0 Å². The minimum Gasteiger partial charge on any atom is -0.454 e. The Labute approximate surface area is 133 Å². The molecular formula is C18H16N2O3. The number of rotatable bonds is 4. The number of oxazole rings is 1. The zero-order valence-corrected chi connectivity index (χ0v) is 12.8. The molecule has 4 rings (SSSR count). The first-order valence-corrected chi connectivity index (χ1v) is 7.65. The van der Waals surface area contributed by atoms with E-state index >= 15 is 0 Å². The molecule has 0 saturated carbocycles. The number of fused-ring (bicyclic) bond motifs is 1. The summed E-state index contributed by atoms with van der Waals surface area (Å²) >= 11 is 0. The Kier molecular flexibility index (Phi) is 3.46. The van der Waals surface area contributed by atoms with Crippen LogP contribution in [0.25, 0.3) is 22.7 Å². The van der Waals surface area contributed by atoms with E-state index in [1.807, 2.05) is 36.4 Å². The lowest BCUT2D eigenvalue weighted by atomic mass is 10.1. The molecule has 0 atom stereocenters. The zero-order chi connectivity index (χ0) is 15.6. The lowest BCUT2D eigenvalue weighted by molar-refractivity contribution is 0.174. The van der Waals surface area contributed by atoms with Gasteiger partial charge in [0.2, 0.25) is 6.79 Å². The van der Waals surface area contributed by atoms with Crippen LogP contribution in [0.5, 0.6) is 11.5 Å². The lowest BCUT2D eigenvalue weighted by Crippen LogP contribution is -1.93. The molecule has 0 fully saturated rings. The summed E-state index contributed by atoms with van der Waals surface area (Å²) < 4.78 is 16.4. The van der Waals surface area contributed by atoms with Gasteiger partial charge in [0.25, 0.3) is 0 Å². The van der Waals surface area contributed by atoms with E-state index in [9.17, 15) is 0 Å². The number of benzene rings is 1. The fourth-order valence-electron chi connectivity index (χ4n) is 2.68. The Bertz CT molecular complexity index is 842. The highest BCUT2D eigenvalue weighted by Crippen LogP contribution is 2.38. The monoisotopic (exact) mass is 308 g/mol. The first-order valence-electron chi connectivity index (χ1n) is 7.65. The van der Waals surface area contributed by atoms with E-state index < -0.39 is 0 Å². The van der Waals surface area contributed by atoms with Gasteiger partial charge >= 0.3 is 0 Å². The predicted octanol–water partition coefficient (Wildman–Crippen LogP) is 4.08. The van der Waals surface area contributed by atoms with E-state index in [1.54, 1.807) is 0 Å². The summed E-state index contributed by atoms with van der Waals surface area (Å²) in [5.74, 6) is 2.15. The third kappa shape index (κ3) is 2.54. The highest BCUT2D eigenvalue weighted by molar-refractivity contribution is 5.76. The summed E-state index contributed by atoms with van der Waals surface area (Å²) in [5, 5.41) is 0. The third-order valence-corrected chi connectivity index (χ3v) is 3.76. The summed E-state index contributed by atoms with van der Waals surface area (Å²) in [4.78, 5) is 9.04. The van der Waals surface area contributed by atoms with Gasteiger partial charge in [-0.15, -0.1) is 0 Å². The normalized spacial score (nSPS) is 12.6. The Morgan fingerprint density at radius 3 is 2.91 bits per heavy atom. The molecule has 0 bridgehead atoms. The summed E-state index contributed by atoms with van der Waals surface area (Å²) in [6.45, 7) is 2.39. The molecule has 0 aliphatic carbocycles. The highest BCUT2D eigenvalue weighted by Gasteiger charge is 2.19. The van der Waals surface area contributed by atoms with Crippen LogP contribution < -0.4 is 9.47 Å². The summed E-state index contributed by atoms with van der Waals surface area (Å²) in [5.41, 5.74) is 3.51. The largest absolute Gasteiger partial charge is 0.454 e. The third-order valence-electron chi connectivity index (χ3n) is 3.76. The number of nitrogens with zero attached hydrogens (tertiary/aromatic N) is 2. The Balaban J connectivity index is 1.75. The van der Waals surface area contributed by atoms with Crippen molar-refractivity contribution in [3.05, 3.63) is 48.5 Å². The molecule has 0 radical (unpaired) electrons. The van der Waals surface area contributed by atoms with Crippen molar-refractivity contribution in [3.63, 3.8) is 0 Å². The maximum absolute atomic E-state index is 5.62. The van der Waals surface area contributed by atoms with E-state index in [4.69, 9.17) is 13.9 Å². The summed E-state index contributed by atoms with van der Waals surface area (Å²) in [6, 6.07) is 11.7. The van der Waals surface area contributed by atoms with Crippen molar-refractivity contribution in [2.45, 2.75) is 19.8 Å². The van der Waals surface area contributed by atoms with Gasteiger partial charge in [-0.2, -0.15) is 0 Å². The molecule has 1 aliphatic rings. The van der Waals surface area contributed by atoms with E-state index in [-0.39, 0.29) is 6.79 Å². The van der Waals surface area contributed by atoms with Crippen LogP contribution in [0.15, 0.2) is 47.2 Å². The van der Waals surface area contributed by atoms with Crippen molar-refractivity contribution in [3.8, 4) is 34.2 Å². The van der Waals surface area contributed by atoms with Gasteiger partial charge in [-0.25, -0.2) is 4.98 Å². The highest BCUT2D eigenvalue weighted by atomic mass is 16.7. The van der Waals surface area contributed by atoms with Crippen molar-refractivity contribution in [2.75, 3.05) is 6.79 Å². The molecule has 1 aromatic carbocycles. The molecule has 23 heavy (non-hydrogen) atoms. The number of hydrogen-bond donors (Lipinski definition) is 0. The van der Waals surface area contributed by atoms with E-state index in [1.165, 1.54) is 6.39 Å². The van der Waals surface area contributed by atoms with Gasteiger partial charge in [-0.1, -0.05) is 19.4 Å². The van der Waals surface area contributed by atoms with Crippen molar-refractivity contribution < 1.29 is 13.9 Å². The predicted molar refractivity (Wildman–Crippen MR) is 85.3 cm³/mol. The second-order valence-corrected chi connectivity index (χ2v) is 5.36. The van der Waals surface area contributed by atoms with Crippen LogP contribution in [-0.2, 0) is 6.42 Å². The number of ether oxygens (including phenoxy) is 2. The lowest BCUT2D eigenvalue weighted by Gasteiger charge is -2.04. The topological polar surface area (TPSA) is 57.4 Å². The quantitative estimate of drug-likeness (QED) is 0.726. The molecule has 5 nitrogen and oxygen atoms in total. The zero-order valence-electron chi connectivity index (χ0n) is 12.8. The van der Waals surface area contributed by atoms with Crippen LogP contribution in [-0.4, -0.2) is 16.8 Å². The van der Waals surface area contributed by atoms with Gasteiger partial charge in [-0.05, 0) is 36.8 Å². The molecule has 0 unspecified atom stereocenters. The maximum atomic E-state index is 5.62. The fourth-order valence-corrected chi connectivity index (χ4v) is 2.68. The van der Waals surface area contributed by atoms with E-state index in [2.05, 4.69) is 16.9 Å². The van der Waals surface area contributed by atoms with Gasteiger partial charge in [0.05, 0.1) is 5.69 Å². The molecule has 1 aliphatic heterocycles. The van der Waals surface area contributed by atoms with Crippen molar-refractivity contribution >= 4 is 0 Å². The van der Waals surface area contributed by atoms with Crippen LogP contribution >= 0.6 is 0 Å². The second-order valence-electron chi connectivity index (χ2n) is 5.36. The van der Waals surface area contributed by atoms with Crippen LogP contribution in [0.2, 0.25) is 0 Å². The molecule has 116 valence electrons. The second kappa shape index (κ2) is 5.76. The average molecular weight is 308 g/mol. The van der Waals surface area contributed by atoms with E-state index in [0.717, 1.165) is 47.0 Å². The minimum atomic E-state index is 0.253.